The van der Waals surface area contributed by atoms with Gasteiger partial charge in [0.05, 0.1) is 18.5 Å². The van der Waals surface area contributed by atoms with Crippen LogP contribution in [-0.2, 0) is 0 Å². The minimum Gasteiger partial charge on any atom is -0.478 e. The highest BCUT2D eigenvalue weighted by Crippen LogP contribution is 2.27. The van der Waals surface area contributed by atoms with Gasteiger partial charge in [-0.1, -0.05) is 11.6 Å². The average Bonchev–Trinajstić information content (AvgIpc) is 2.32. The molecular formula is C11H9ClFN3O. The number of rotatable bonds is 2. The molecular weight excluding hydrogens is 245 g/mol. The molecule has 0 bridgehead atoms. The Morgan fingerprint density at radius 1 is 1.29 bits per heavy atom. The number of benzene rings is 1. The van der Waals surface area contributed by atoms with Crippen molar-refractivity contribution in [3.05, 3.63) is 35.1 Å². The second-order valence-electron chi connectivity index (χ2n) is 3.32. The highest BCUT2D eigenvalue weighted by Gasteiger charge is 2.10. The molecule has 2 aromatic rings. The number of nitrogens with zero attached hydrogens (tertiary/aromatic N) is 2. The quantitative estimate of drug-likeness (QED) is 0.893. The third-order valence-corrected chi connectivity index (χ3v) is 2.42. The predicted molar refractivity (Wildman–Crippen MR) is 63.4 cm³/mol. The summed E-state index contributed by atoms with van der Waals surface area (Å²) < 4.78 is 18.4. The largest absolute Gasteiger partial charge is 0.478 e. The molecule has 2 rings (SSSR count). The summed E-state index contributed by atoms with van der Waals surface area (Å²) in [5, 5.41) is 7.98. The van der Waals surface area contributed by atoms with Gasteiger partial charge in [-0.2, -0.15) is 0 Å². The summed E-state index contributed by atoms with van der Waals surface area (Å²) in [5.41, 5.74) is 6.52. The molecule has 4 nitrogen and oxygen atoms in total. The fourth-order valence-corrected chi connectivity index (χ4v) is 1.55. The summed E-state index contributed by atoms with van der Waals surface area (Å²) in [7, 11) is 1.43. The third kappa shape index (κ3) is 2.29. The summed E-state index contributed by atoms with van der Waals surface area (Å²) in [6, 6.07) is 5.67. The van der Waals surface area contributed by atoms with Gasteiger partial charge in [0.1, 0.15) is 5.82 Å². The summed E-state index contributed by atoms with van der Waals surface area (Å²) in [5.74, 6) is -0.232. The number of nitrogen functional groups attached to an aromatic ring is 1. The molecule has 0 aliphatic carbocycles. The maximum atomic E-state index is 13.6. The lowest BCUT2D eigenvalue weighted by molar-refractivity contribution is 0.394. The number of hydrogen-bond donors (Lipinski definition) is 1. The Kier molecular flexibility index (Phi) is 3.10. The van der Waals surface area contributed by atoms with E-state index in [2.05, 4.69) is 10.2 Å². The Hall–Kier alpha value is -1.88. The SMILES string of the molecule is COc1nnc(-c2cc(Cl)ccc2F)cc1N. The maximum absolute atomic E-state index is 13.6. The van der Waals surface area contributed by atoms with Crippen molar-refractivity contribution < 1.29 is 9.13 Å². The standard InChI is InChI=1S/C11H9ClFN3O/c1-17-11-9(14)5-10(15-16-11)7-4-6(12)2-3-8(7)13/h2-5H,1H3,(H2,14,15). The lowest BCUT2D eigenvalue weighted by Gasteiger charge is -2.06. The van der Waals surface area contributed by atoms with Crippen molar-refractivity contribution in [2.75, 3.05) is 12.8 Å². The van der Waals surface area contributed by atoms with Crippen molar-refractivity contribution in [2.24, 2.45) is 0 Å². The first-order chi connectivity index (χ1) is 8.11. The van der Waals surface area contributed by atoms with Crippen molar-refractivity contribution in [3.8, 4) is 17.1 Å². The Labute approximate surface area is 102 Å². The summed E-state index contributed by atoms with van der Waals surface area (Å²) in [4.78, 5) is 0. The van der Waals surface area contributed by atoms with E-state index in [9.17, 15) is 4.39 Å². The molecule has 0 saturated carbocycles. The van der Waals surface area contributed by atoms with Crippen molar-refractivity contribution in [2.45, 2.75) is 0 Å². The number of halogens is 2. The topological polar surface area (TPSA) is 61.0 Å². The second kappa shape index (κ2) is 4.55. The highest BCUT2D eigenvalue weighted by molar-refractivity contribution is 6.30. The van der Waals surface area contributed by atoms with Crippen LogP contribution in [0.1, 0.15) is 0 Å². The van der Waals surface area contributed by atoms with Crippen LogP contribution in [0.3, 0.4) is 0 Å². The number of aromatic nitrogens is 2. The van der Waals surface area contributed by atoms with Gasteiger partial charge in [-0.05, 0) is 24.3 Å². The van der Waals surface area contributed by atoms with Crippen LogP contribution in [0, 0.1) is 5.82 Å². The summed E-state index contributed by atoms with van der Waals surface area (Å²) in [6.07, 6.45) is 0. The number of nitrogens with two attached hydrogens (primary N) is 1. The van der Waals surface area contributed by atoms with E-state index in [-0.39, 0.29) is 17.1 Å². The van der Waals surface area contributed by atoms with E-state index in [1.807, 2.05) is 0 Å². The van der Waals surface area contributed by atoms with Gasteiger partial charge in [0.15, 0.2) is 0 Å². The lowest BCUT2D eigenvalue weighted by Crippen LogP contribution is -1.99. The zero-order chi connectivity index (χ0) is 12.4. The van der Waals surface area contributed by atoms with Crippen molar-refractivity contribution >= 4 is 17.3 Å². The van der Waals surface area contributed by atoms with Crippen LogP contribution >= 0.6 is 11.6 Å². The Bertz CT molecular complexity index is 562. The monoisotopic (exact) mass is 253 g/mol. The first kappa shape index (κ1) is 11.6. The molecule has 0 unspecified atom stereocenters. The molecule has 0 fully saturated rings. The van der Waals surface area contributed by atoms with E-state index < -0.39 is 5.82 Å². The van der Waals surface area contributed by atoms with Crippen LogP contribution in [-0.4, -0.2) is 17.3 Å². The van der Waals surface area contributed by atoms with Crippen molar-refractivity contribution in [3.63, 3.8) is 0 Å². The highest BCUT2D eigenvalue weighted by atomic mass is 35.5. The molecule has 1 aromatic carbocycles. The number of hydrogen-bond acceptors (Lipinski definition) is 4. The van der Waals surface area contributed by atoms with Gasteiger partial charge in [-0.15, -0.1) is 10.2 Å². The number of anilines is 1. The zero-order valence-electron chi connectivity index (χ0n) is 8.95. The molecule has 2 N–H and O–H groups in total. The van der Waals surface area contributed by atoms with Gasteiger partial charge < -0.3 is 10.5 Å². The molecule has 0 aliphatic heterocycles. The summed E-state index contributed by atoms with van der Waals surface area (Å²) >= 11 is 5.79. The van der Waals surface area contributed by atoms with Crippen LogP contribution in [0.4, 0.5) is 10.1 Å². The van der Waals surface area contributed by atoms with Gasteiger partial charge in [0, 0.05) is 10.6 Å². The normalized spacial score (nSPS) is 10.3. The zero-order valence-corrected chi connectivity index (χ0v) is 9.70. The molecule has 88 valence electrons. The molecule has 0 amide bonds. The van der Waals surface area contributed by atoms with E-state index in [1.54, 1.807) is 0 Å². The van der Waals surface area contributed by atoms with E-state index >= 15 is 0 Å². The molecule has 0 saturated heterocycles. The van der Waals surface area contributed by atoms with Crippen molar-refractivity contribution in [1.29, 1.82) is 0 Å². The van der Waals surface area contributed by atoms with E-state index in [0.29, 0.717) is 10.7 Å². The van der Waals surface area contributed by atoms with Gasteiger partial charge in [0.2, 0.25) is 0 Å². The van der Waals surface area contributed by atoms with Gasteiger partial charge in [0.25, 0.3) is 5.88 Å². The smallest absolute Gasteiger partial charge is 0.256 e. The van der Waals surface area contributed by atoms with Gasteiger partial charge in [-0.3, -0.25) is 0 Å². The fraction of sp³-hybridized carbons (Fsp3) is 0.0909. The Morgan fingerprint density at radius 2 is 2.06 bits per heavy atom. The first-order valence-corrected chi connectivity index (χ1v) is 5.12. The van der Waals surface area contributed by atoms with Crippen LogP contribution in [0.2, 0.25) is 5.02 Å². The summed E-state index contributed by atoms with van der Waals surface area (Å²) in [6.45, 7) is 0. The van der Waals surface area contributed by atoms with E-state index in [1.165, 1.54) is 31.4 Å². The molecule has 0 aliphatic rings. The molecule has 17 heavy (non-hydrogen) atoms. The third-order valence-electron chi connectivity index (χ3n) is 2.19. The molecule has 1 heterocycles. The van der Waals surface area contributed by atoms with Gasteiger partial charge >= 0.3 is 0 Å². The Morgan fingerprint density at radius 3 is 2.71 bits per heavy atom. The van der Waals surface area contributed by atoms with Crippen LogP contribution in [0.5, 0.6) is 5.88 Å². The van der Waals surface area contributed by atoms with Crippen LogP contribution < -0.4 is 10.5 Å². The van der Waals surface area contributed by atoms with Crippen LogP contribution in [0.15, 0.2) is 24.3 Å². The van der Waals surface area contributed by atoms with Gasteiger partial charge in [-0.25, -0.2) is 4.39 Å². The van der Waals surface area contributed by atoms with Crippen LogP contribution in [0.25, 0.3) is 11.3 Å². The molecule has 6 heteroatoms. The minimum atomic E-state index is -0.437. The number of ether oxygens (including phenoxy) is 1. The average molecular weight is 254 g/mol. The molecule has 0 atom stereocenters. The molecule has 0 spiro atoms. The first-order valence-electron chi connectivity index (χ1n) is 4.74. The lowest BCUT2D eigenvalue weighted by atomic mass is 10.1. The predicted octanol–water partition coefficient (Wildman–Crippen LogP) is 2.53. The fourth-order valence-electron chi connectivity index (χ4n) is 1.38. The van der Waals surface area contributed by atoms with E-state index in [4.69, 9.17) is 22.1 Å². The Balaban J connectivity index is 2.53. The number of methoxy groups -OCH3 is 1. The van der Waals surface area contributed by atoms with Crippen molar-refractivity contribution in [1.82, 2.24) is 10.2 Å². The molecule has 0 radical (unpaired) electrons. The second-order valence-corrected chi connectivity index (χ2v) is 3.75. The minimum absolute atomic E-state index is 0.205. The maximum Gasteiger partial charge on any atom is 0.256 e. The van der Waals surface area contributed by atoms with E-state index in [0.717, 1.165) is 0 Å². The molecule has 1 aromatic heterocycles.